The van der Waals surface area contributed by atoms with E-state index in [9.17, 15) is 4.21 Å². The molecule has 1 aromatic rings. The summed E-state index contributed by atoms with van der Waals surface area (Å²) in [7, 11) is -0.758. The molecule has 1 unspecified atom stereocenters. The molecule has 0 amide bonds. The predicted octanol–water partition coefficient (Wildman–Crippen LogP) is 2.32. The van der Waals surface area contributed by atoms with Crippen LogP contribution in [-0.4, -0.2) is 21.3 Å². The van der Waals surface area contributed by atoms with Crippen LogP contribution >= 0.6 is 0 Å². The average molecular weight is 239 g/mol. The molecule has 0 saturated carbocycles. The van der Waals surface area contributed by atoms with Crippen LogP contribution in [0.5, 0.6) is 0 Å². The Morgan fingerprint density at radius 2 is 1.81 bits per heavy atom. The SMILES string of the molecule is CC(C)(C)S(=O)CCNCc1ccccc1. The van der Waals surface area contributed by atoms with E-state index < -0.39 is 10.8 Å². The molecule has 0 radical (unpaired) electrons. The Balaban J connectivity index is 2.20. The summed E-state index contributed by atoms with van der Waals surface area (Å²) in [4.78, 5) is 0. The van der Waals surface area contributed by atoms with Gasteiger partial charge < -0.3 is 5.32 Å². The first-order valence-corrected chi connectivity index (χ1v) is 6.95. The first kappa shape index (κ1) is 13.4. The molecule has 1 N–H and O–H groups in total. The predicted molar refractivity (Wildman–Crippen MR) is 70.9 cm³/mol. The third kappa shape index (κ3) is 4.90. The molecule has 3 heteroatoms. The lowest BCUT2D eigenvalue weighted by atomic mass is 10.2. The topological polar surface area (TPSA) is 29.1 Å². The fourth-order valence-corrected chi connectivity index (χ4v) is 2.24. The molecule has 0 spiro atoms. The van der Waals surface area contributed by atoms with Gasteiger partial charge in [0, 0.05) is 34.4 Å². The van der Waals surface area contributed by atoms with Crippen molar-refractivity contribution >= 4 is 10.8 Å². The Morgan fingerprint density at radius 1 is 1.19 bits per heavy atom. The Labute approximate surface area is 101 Å². The third-order valence-corrected chi connectivity index (χ3v) is 4.26. The zero-order valence-electron chi connectivity index (χ0n) is 10.3. The highest BCUT2D eigenvalue weighted by molar-refractivity contribution is 7.86. The number of rotatable bonds is 5. The second kappa shape index (κ2) is 6.16. The number of hydrogen-bond acceptors (Lipinski definition) is 2. The van der Waals surface area contributed by atoms with Crippen molar-refractivity contribution in [3.8, 4) is 0 Å². The quantitative estimate of drug-likeness (QED) is 0.799. The number of nitrogens with one attached hydrogen (secondary N) is 1. The van der Waals surface area contributed by atoms with Gasteiger partial charge in [-0.1, -0.05) is 30.3 Å². The zero-order chi connectivity index (χ0) is 12.0. The maximum atomic E-state index is 11.7. The van der Waals surface area contributed by atoms with Gasteiger partial charge in [0.15, 0.2) is 0 Å². The van der Waals surface area contributed by atoms with Gasteiger partial charge in [-0.15, -0.1) is 0 Å². The second-order valence-corrected chi connectivity index (χ2v) is 7.15. The minimum Gasteiger partial charge on any atom is -0.312 e. The van der Waals surface area contributed by atoms with Crippen LogP contribution in [0.4, 0.5) is 0 Å². The average Bonchev–Trinajstić information content (AvgIpc) is 2.24. The molecule has 0 fully saturated rings. The van der Waals surface area contributed by atoms with Crippen molar-refractivity contribution in [3.05, 3.63) is 35.9 Å². The molecule has 0 bridgehead atoms. The highest BCUT2D eigenvalue weighted by Crippen LogP contribution is 2.10. The van der Waals surface area contributed by atoms with Gasteiger partial charge >= 0.3 is 0 Å². The summed E-state index contributed by atoms with van der Waals surface area (Å²) in [5.74, 6) is 0.719. The minimum absolute atomic E-state index is 0.103. The van der Waals surface area contributed by atoms with Crippen LogP contribution in [-0.2, 0) is 17.3 Å². The molecule has 1 aromatic carbocycles. The highest BCUT2D eigenvalue weighted by atomic mass is 32.2. The fraction of sp³-hybridized carbons (Fsp3) is 0.538. The van der Waals surface area contributed by atoms with E-state index >= 15 is 0 Å². The van der Waals surface area contributed by atoms with E-state index in [2.05, 4.69) is 17.4 Å². The summed E-state index contributed by atoms with van der Waals surface area (Å²) in [6.45, 7) is 7.70. The molecule has 0 aromatic heterocycles. The first-order chi connectivity index (χ1) is 7.50. The molecule has 16 heavy (non-hydrogen) atoms. The van der Waals surface area contributed by atoms with Crippen molar-refractivity contribution < 1.29 is 4.21 Å². The molecule has 2 nitrogen and oxygen atoms in total. The summed E-state index contributed by atoms with van der Waals surface area (Å²) in [6, 6.07) is 10.3. The van der Waals surface area contributed by atoms with Crippen LogP contribution in [0.1, 0.15) is 26.3 Å². The lowest BCUT2D eigenvalue weighted by molar-refractivity contribution is 0.641. The molecular weight excluding hydrogens is 218 g/mol. The van der Waals surface area contributed by atoms with Gasteiger partial charge in [-0.05, 0) is 26.3 Å². The second-order valence-electron chi connectivity index (χ2n) is 4.82. The van der Waals surface area contributed by atoms with Crippen molar-refractivity contribution in [1.82, 2.24) is 5.32 Å². The van der Waals surface area contributed by atoms with Gasteiger partial charge in [0.25, 0.3) is 0 Å². The van der Waals surface area contributed by atoms with Gasteiger partial charge in [-0.3, -0.25) is 4.21 Å². The Morgan fingerprint density at radius 3 is 2.38 bits per heavy atom. The number of benzene rings is 1. The van der Waals surface area contributed by atoms with Crippen molar-refractivity contribution in [2.75, 3.05) is 12.3 Å². The van der Waals surface area contributed by atoms with E-state index in [0.29, 0.717) is 0 Å². The van der Waals surface area contributed by atoms with Gasteiger partial charge in [0.2, 0.25) is 0 Å². The van der Waals surface area contributed by atoms with Gasteiger partial charge in [0.05, 0.1) is 0 Å². The maximum absolute atomic E-state index is 11.7. The molecule has 0 saturated heterocycles. The highest BCUT2D eigenvalue weighted by Gasteiger charge is 2.18. The van der Waals surface area contributed by atoms with Gasteiger partial charge in [0.1, 0.15) is 0 Å². The summed E-state index contributed by atoms with van der Waals surface area (Å²) in [6.07, 6.45) is 0. The van der Waals surface area contributed by atoms with E-state index in [1.165, 1.54) is 5.56 Å². The van der Waals surface area contributed by atoms with Crippen LogP contribution in [0.2, 0.25) is 0 Å². The van der Waals surface area contributed by atoms with Crippen LogP contribution < -0.4 is 5.32 Å². The number of hydrogen-bond donors (Lipinski definition) is 1. The maximum Gasteiger partial charge on any atom is 0.0375 e. The summed E-state index contributed by atoms with van der Waals surface area (Å²) < 4.78 is 11.6. The summed E-state index contributed by atoms with van der Waals surface area (Å²) in [5.41, 5.74) is 1.27. The third-order valence-electron chi connectivity index (χ3n) is 2.32. The van der Waals surface area contributed by atoms with Gasteiger partial charge in [-0.25, -0.2) is 0 Å². The summed E-state index contributed by atoms with van der Waals surface area (Å²) >= 11 is 0. The first-order valence-electron chi connectivity index (χ1n) is 5.63. The normalized spacial score (nSPS) is 13.7. The van der Waals surface area contributed by atoms with Crippen LogP contribution in [0.25, 0.3) is 0 Å². The molecule has 0 aliphatic rings. The van der Waals surface area contributed by atoms with E-state index in [-0.39, 0.29) is 4.75 Å². The lowest BCUT2D eigenvalue weighted by Gasteiger charge is -2.17. The monoisotopic (exact) mass is 239 g/mol. The van der Waals surface area contributed by atoms with Crippen LogP contribution in [0, 0.1) is 0 Å². The van der Waals surface area contributed by atoms with Crippen molar-refractivity contribution in [1.29, 1.82) is 0 Å². The Hall–Kier alpha value is -0.670. The van der Waals surface area contributed by atoms with Crippen LogP contribution in [0.3, 0.4) is 0 Å². The van der Waals surface area contributed by atoms with E-state index in [4.69, 9.17) is 0 Å². The minimum atomic E-state index is -0.758. The van der Waals surface area contributed by atoms with Gasteiger partial charge in [-0.2, -0.15) is 0 Å². The Bertz CT molecular complexity index is 330. The lowest BCUT2D eigenvalue weighted by Crippen LogP contribution is -2.29. The molecule has 0 aliphatic carbocycles. The van der Waals surface area contributed by atoms with Crippen molar-refractivity contribution in [2.45, 2.75) is 32.1 Å². The van der Waals surface area contributed by atoms with Crippen molar-refractivity contribution in [2.24, 2.45) is 0 Å². The smallest absolute Gasteiger partial charge is 0.0375 e. The molecule has 1 atom stereocenters. The standard InChI is InChI=1S/C13H21NOS/c1-13(2,3)16(15)10-9-14-11-12-7-5-4-6-8-12/h4-8,14H,9-11H2,1-3H3. The Kier molecular flexibility index (Phi) is 5.16. The summed E-state index contributed by atoms with van der Waals surface area (Å²) in [5, 5.41) is 3.31. The molecule has 1 rings (SSSR count). The van der Waals surface area contributed by atoms with Crippen LogP contribution in [0.15, 0.2) is 30.3 Å². The molecule has 0 heterocycles. The van der Waals surface area contributed by atoms with E-state index in [1.54, 1.807) is 0 Å². The van der Waals surface area contributed by atoms with Crippen molar-refractivity contribution in [3.63, 3.8) is 0 Å². The zero-order valence-corrected chi connectivity index (χ0v) is 11.1. The van der Waals surface area contributed by atoms with E-state index in [0.717, 1.165) is 18.8 Å². The molecular formula is C13H21NOS. The fourth-order valence-electron chi connectivity index (χ4n) is 1.30. The molecule has 90 valence electrons. The largest absolute Gasteiger partial charge is 0.312 e. The van der Waals surface area contributed by atoms with E-state index in [1.807, 2.05) is 39.0 Å². The molecule has 0 aliphatic heterocycles.